The Morgan fingerprint density at radius 3 is 2.34 bits per heavy atom. The summed E-state index contributed by atoms with van der Waals surface area (Å²) in [6.07, 6.45) is -1.39. The van der Waals surface area contributed by atoms with E-state index in [9.17, 15) is 22.8 Å². The number of halogens is 3. The first-order chi connectivity index (χ1) is 18.2. The van der Waals surface area contributed by atoms with Gasteiger partial charge in [-0.15, -0.1) is 5.10 Å². The molecule has 5 atom stereocenters. The number of aromatic nitrogens is 3. The summed E-state index contributed by atoms with van der Waals surface area (Å²) in [7, 11) is 1.44. The smallest absolute Gasteiger partial charge is 0.303 e. The van der Waals surface area contributed by atoms with Crippen LogP contribution in [0.15, 0.2) is 53.6 Å². The van der Waals surface area contributed by atoms with Gasteiger partial charge < -0.3 is 18.9 Å². The number of benzene rings is 2. The Bertz CT molecular complexity index is 1270. The average Bonchev–Trinajstić information content (AvgIpc) is 3.36. The fraction of sp³-hybridized carbons (Fsp3) is 0.360. The van der Waals surface area contributed by atoms with Crippen molar-refractivity contribution in [1.82, 2.24) is 15.0 Å². The van der Waals surface area contributed by atoms with Gasteiger partial charge >= 0.3 is 11.9 Å². The van der Waals surface area contributed by atoms with Crippen LogP contribution in [0.4, 0.5) is 13.2 Å². The normalized spacial score (nSPS) is 23.2. The number of methoxy groups -OCH3 is 1. The highest BCUT2D eigenvalue weighted by Crippen LogP contribution is 2.41. The highest BCUT2D eigenvalue weighted by Gasteiger charge is 2.50. The maximum Gasteiger partial charge on any atom is 0.303 e. The van der Waals surface area contributed by atoms with Crippen molar-refractivity contribution >= 4 is 23.7 Å². The molecule has 0 N–H and O–H groups in total. The van der Waals surface area contributed by atoms with E-state index in [0.29, 0.717) is 0 Å². The Morgan fingerprint density at radius 1 is 1.05 bits per heavy atom. The second-order valence-electron chi connectivity index (χ2n) is 8.38. The van der Waals surface area contributed by atoms with Crippen LogP contribution < -0.4 is 0 Å². The SMILES string of the molecule is CO[C@@H]1[C@@H](n2cc(-c3cc(F)c(F)c(F)c3)nn2)[C@@H](OC(C)=O)[C@@H](COC(C)=O)O[C@H]1Sc1ccccc1. The number of thioether (sulfide) groups is 1. The molecule has 1 aromatic heterocycles. The Hall–Kier alpha value is -3.42. The van der Waals surface area contributed by atoms with Crippen molar-refractivity contribution in [3.8, 4) is 11.3 Å². The van der Waals surface area contributed by atoms with Crippen LogP contribution in [-0.2, 0) is 28.5 Å². The lowest BCUT2D eigenvalue weighted by atomic mass is 9.96. The van der Waals surface area contributed by atoms with Gasteiger partial charge in [0.1, 0.15) is 36.0 Å². The maximum atomic E-state index is 13.9. The first-order valence-electron chi connectivity index (χ1n) is 11.4. The molecule has 0 unspecified atom stereocenters. The minimum absolute atomic E-state index is 0.0366. The molecule has 0 radical (unpaired) electrons. The lowest BCUT2D eigenvalue weighted by molar-refractivity contribution is -0.208. The van der Waals surface area contributed by atoms with Gasteiger partial charge in [-0.1, -0.05) is 35.2 Å². The van der Waals surface area contributed by atoms with Gasteiger partial charge in [-0.3, -0.25) is 9.59 Å². The van der Waals surface area contributed by atoms with E-state index in [0.717, 1.165) is 17.0 Å². The summed E-state index contributed by atoms with van der Waals surface area (Å²) in [6.45, 7) is 2.21. The van der Waals surface area contributed by atoms with Crippen molar-refractivity contribution in [3.05, 3.63) is 66.1 Å². The molecule has 0 spiro atoms. The maximum absolute atomic E-state index is 13.9. The third-order valence-corrected chi connectivity index (χ3v) is 6.89. The number of esters is 2. The molecular formula is C25H24F3N3O6S. The van der Waals surface area contributed by atoms with Crippen molar-refractivity contribution in [2.24, 2.45) is 0 Å². The Balaban J connectivity index is 1.76. The van der Waals surface area contributed by atoms with Crippen molar-refractivity contribution in [1.29, 1.82) is 0 Å². The van der Waals surface area contributed by atoms with Gasteiger partial charge in [-0.2, -0.15) is 0 Å². The molecule has 0 aliphatic carbocycles. The summed E-state index contributed by atoms with van der Waals surface area (Å²) >= 11 is 1.33. The molecule has 4 rings (SSSR count). The van der Waals surface area contributed by atoms with E-state index in [-0.39, 0.29) is 17.9 Å². The first-order valence-corrected chi connectivity index (χ1v) is 12.3. The summed E-state index contributed by atoms with van der Waals surface area (Å²) in [5.74, 6) is -5.56. The van der Waals surface area contributed by atoms with Crippen LogP contribution in [0.2, 0.25) is 0 Å². The fourth-order valence-electron chi connectivity index (χ4n) is 4.10. The van der Waals surface area contributed by atoms with Gasteiger partial charge in [-0.05, 0) is 24.3 Å². The molecule has 13 heteroatoms. The van der Waals surface area contributed by atoms with E-state index in [1.54, 1.807) is 0 Å². The highest BCUT2D eigenvalue weighted by molar-refractivity contribution is 7.99. The number of hydrogen-bond acceptors (Lipinski definition) is 9. The molecule has 1 aliphatic heterocycles. The zero-order valence-electron chi connectivity index (χ0n) is 20.5. The summed E-state index contributed by atoms with van der Waals surface area (Å²) in [5.41, 5.74) is -0.702. The molecule has 1 aliphatic rings. The zero-order chi connectivity index (χ0) is 27.4. The van der Waals surface area contributed by atoms with E-state index in [4.69, 9.17) is 18.9 Å². The topological polar surface area (TPSA) is 102 Å². The second-order valence-corrected chi connectivity index (χ2v) is 9.55. The van der Waals surface area contributed by atoms with Gasteiger partial charge in [0, 0.05) is 31.4 Å². The van der Waals surface area contributed by atoms with E-state index in [2.05, 4.69) is 10.3 Å². The van der Waals surface area contributed by atoms with Crippen LogP contribution in [-0.4, -0.2) is 64.4 Å². The fourth-order valence-corrected chi connectivity index (χ4v) is 5.29. The second kappa shape index (κ2) is 12.0. The Labute approximate surface area is 220 Å². The predicted molar refractivity (Wildman–Crippen MR) is 128 cm³/mol. The van der Waals surface area contributed by atoms with Gasteiger partial charge in [0.2, 0.25) is 0 Å². The molecule has 1 saturated heterocycles. The average molecular weight is 552 g/mol. The molecule has 9 nitrogen and oxygen atoms in total. The summed E-state index contributed by atoms with van der Waals surface area (Å²) in [4.78, 5) is 24.5. The van der Waals surface area contributed by atoms with Crippen LogP contribution in [0, 0.1) is 17.5 Å². The molecule has 3 aromatic rings. The van der Waals surface area contributed by atoms with E-state index < -0.39 is 59.2 Å². The van der Waals surface area contributed by atoms with Crippen LogP contribution in [0.1, 0.15) is 19.9 Å². The first kappa shape index (κ1) is 27.6. The third kappa shape index (κ3) is 6.17. The number of carbonyl (C=O) groups is 2. The molecule has 2 aromatic carbocycles. The number of rotatable bonds is 8. The lowest BCUT2D eigenvalue weighted by Crippen LogP contribution is -2.57. The minimum Gasteiger partial charge on any atom is -0.463 e. The monoisotopic (exact) mass is 551 g/mol. The largest absolute Gasteiger partial charge is 0.463 e. The standard InChI is InChI=1S/C25H24F3N3O6S/c1-13(32)35-12-20-23(36-14(2)33)22(24(34-3)25(37-20)38-16-7-5-4-6-8-16)31-11-19(29-30-31)15-9-17(26)21(28)18(27)10-15/h4-11,20,22-25H,12H2,1-3H3/t20-,22+,23+,24-,25+/m1/s1. The number of nitrogens with zero attached hydrogens (tertiary/aromatic N) is 3. The van der Waals surface area contributed by atoms with Gasteiger partial charge in [0.15, 0.2) is 23.6 Å². The van der Waals surface area contributed by atoms with E-state index in [1.165, 1.54) is 43.6 Å². The molecule has 0 amide bonds. The Kier molecular flexibility index (Phi) is 8.69. The van der Waals surface area contributed by atoms with Crippen LogP contribution in [0.3, 0.4) is 0 Å². The molecule has 0 bridgehead atoms. The molecular weight excluding hydrogens is 527 g/mol. The van der Waals surface area contributed by atoms with Crippen molar-refractivity contribution in [2.75, 3.05) is 13.7 Å². The van der Waals surface area contributed by atoms with Crippen molar-refractivity contribution in [2.45, 2.75) is 48.5 Å². The van der Waals surface area contributed by atoms with E-state index in [1.807, 2.05) is 30.3 Å². The molecule has 202 valence electrons. The third-order valence-electron chi connectivity index (χ3n) is 5.73. The summed E-state index contributed by atoms with van der Waals surface area (Å²) < 4.78 is 65.3. The minimum atomic E-state index is -1.60. The van der Waals surface area contributed by atoms with Crippen molar-refractivity contribution in [3.63, 3.8) is 0 Å². The van der Waals surface area contributed by atoms with Gasteiger partial charge in [0.25, 0.3) is 0 Å². The zero-order valence-corrected chi connectivity index (χ0v) is 21.4. The van der Waals surface area contributed by atoms with Crippen LogP contribution >= 0.6 is 11.8 Å². The summed E-state index contributed by atoms with van der Waals surface area (Å²) in [6, 6.07) is 10.1. The molecule has 1 fully saturated rings. The number of hydrogen-bond donors (Lipinski definition) is 0. The van der Waals surface area contributed by atoms with Crippen LogP contribution in [0.25, 0.3) is 11.3 Å². The van der Waals surface area contributed by atoms with Crippen molar-refractivity contribution < 1.29 is 41.7 Å². The number of ether oxygens (including phenoxy) is 4. The van der Waals surface area contributed by atoms with Gasteiger partial charge in [-0.25, -0.2) is 17.9 Å². The predicted octanol–water partition coefficient (Wildman–Crippen LogP) is 3.93. The molecule has 38 heavy (non-hydrogen) atoms. The van der Waals surface area contributed by atoms with Gasteiger partial charge in [0.05, 0.1) is 6.20 Å². The quantitative estimate of drug-likeness (QED) is 0.304. The lowest BCUT2D eigenvalue weighted by Gasteiger charge is -2.44. The highest BCUT2D eigenvalue weighted by atomic mass is 32.2. The summed E-state index contributed by atoms with van der Waals surface area (Å²) in [5, 5.41) is 8.10. The Morgan fingerprint density at radius 2 is 1.74 bits per heavy atom. The molecule has 0 saturated carbocycles. The number of carbonyl (C=O) groups excluding carboxylic acids is 2. The molecule has 2 heterocycles. The van der Waals surface area contributed by atoms with Crippen LogP contribution in [0.5, 0.6) is 0 Å². The van der Waals surface area contributed by atoms with E-state index >= 15 is 0 Å².